The summed E-state index contributed by atoms with van der Waals surface area (Å²) in [5, 5.41) is 8.91. The summed E-state index contributed by atoms with van der Waals surface area (Å²) in [6.07, 6.45) is 0. The summed E-state index contributed by atoms with van der Waals surface area (Å²) in [7, 11) is -3.10. The molecule has 0 saturated carbocycles. The summed E-state index contributed by atoms with van der Waals surface area (Å²) in [6.45, 7) is 0. The molecule has 1 aromatic heterocycles. The van der Waals surface area contributed by atoms with Crippen molar-refractivity contribution in [2.24, 2.45) is 0 Å². The van der Waals surface area contributed by atoms with Gasteiger partial charge < -0.3 is 10.6 Å². The minimum absolute atomic E-state index is 0.0170. The first-order valence-electron chi connectivity index (χ1n) is 6.96. The van der Waals surface area contributed by atoms with Gasteiger partial charge in [-0.25, -0.2) is 13.4 Å². The highest BCUT2D eigenvalue weighted by Gasteiger charge is 2.36. The third-order valence-electron chi connectivity index (χ3n) is 3.46. The van der Waals surface area contributed by atoms with E-state index < -0.39 is 21.3 Å². The van der Waals surface area contributed by atoms with Gasteiger partial charge in [0.2, 0.25) is 0 Å². The summed E-state index contributed by atoms with van der Waals surface area (Å²) < 4.78 is 23.1. The van der Waals surface area contributed by atoms with E-state index >= 15 is 0 Å². The maximum atomic E-state index is 11.6. The molecule has 0 aliphatic carbocycles. The van der Waals surface area contributed by atoms with Crippen molar-refractivity contribution in [1.29, 1.82) is 0 Å². The van der Waals surface area contributed by atoms with E-state index in [0.717, 1.165) is 11.3 Å². The van der Waals surface area contributed by atoms with Crippen molar-refractivity contribution < 1.29 is 8.42 Å². The highest BCUT2D eigenvalue weighted by atomic mass is 35.5. The van der Waals surface area contributed by atoms with Crippen LogP contribution >= 0.6 is 46.8 Å². The van der Waals surface area contributed by atoms with Crippen LogP contribution in [0.5, 0.6) is 0 Å². The lowest BCUT2D eigenvalue weighted by Crippen LogP contribution is -2.42. The van der Waals surface area contributed by atoms with E-state index in [0.29, 0.717) is 15.3 Å². The Balaban J connectivity index is 1.62. The molecule has 1 aromatic carbocycles. The van der Waals surface area contributed by atoms with Crippen LogP contribution in [0.25, 0.3) is 11.3 Å². The molecule has 2 aromatic rings. The molecule has 5 nitrogen and oxygen atoms in total. The van der Waals surface area contributed by atoms with E-state index in [1.165, 1.54) is 11.3 Å². The molecule has 0 spiro atoms. The van der Waals surface area contributed by atoms with Gasteiger partial charge in [-0.1, -0.05) is 23.7 Å². The van der Waals surface area contributed by atoms with Gasteiger partial charge in [0.25, 0.3) is 0 Å². The van der Waals surface area contributed by atoms with Gasteiger partial charge in [-0.15, -0.1) is 22.9 Å². The second-order valence-electron chi connectivity index (χ2n) is 5.34. The summed E-state index contributed by atoms with van der Waals surface area (Å²) >= 11 is 18.5. The highest BCUT2D eigenvalue weighted by Crippen LogP contribution is 2.26. The number of hydrogen-bond acceptors (Lipinski definition) is 5. The van der Waals surface area contributed by atoms with Gasteiger partial charge in [0.1, 0.15) is 0 Å². The number of alkyl halides is 1. The van der Waals surface area contributed by atoms with Crippen LogP contribution in [0.3, 0.4) is 0 Å². The number of rotatable bonds is 3. The Morgan fingerprint density at radius 1 is 1.29 bits per heavy atom. The number of halogens is 2. The minimum Gasteiger partial charge on any atom is -0.357 e. The first kappa shape index (κ1) is 17.9. The molecule has 1 saturated heterocycles. The lowest BCUT2D eigenvalue weighted by molar-refractivity contribution is 0.600. The molecule has 10 heteroatoms. The lowest BCUT2D eigenvalue weighted by Gasteiger charge is -2.16. The summed E-state index contributed by atoms with van der Waals surface area (Å²) in [4.78, 5) is 4.46. The molecule has 2 heterocycles. The molecule has 128 valence electrons. The van der Waals surface area contributed by atoms with Crippen LogP contribution in [-0.4, -0.2) is 41.4 Å². The number of anilines is 1. The maximum Gasteiger partial charge on any atom is 0.189 e. The van der Waals surface area contributed by atoms with Gasteiger partial charge in [0.05, 0.1) is 28.6 Å². The molecule has 3 rings (SSSR count). The van der Waals surface area contributed by atoms with Gasteiger partial charge in [0.15, 0.2) is 20.1 Å². The molecule has 0 radical (unpaired) electrons. The molecule has 0 bridgehead atoms. The van der Waals surface area contributed by atoms with Crippen molar-refractivity contribution in [2.75, 3.05) is 16.8 Å². The number of aromatic nitrogens is 1. The van der Waals surface area contributed by atoms with Gasteiger partial charge in [-0.3, -0.25) is 0 Å². The van der Waals surface area contributed by atoms with Gasteiger partial charge >= 0.3 is 0 Å². The molecule has 1 aliphatic rings. The normalized spacial score (nSPS) is 22.2. The number of nitrogens with zero attached hydrogens (tertiary/aromatic N) is 1. The molecule has 2 N–H and O–H groups in total. The predicted octanol–water partition coefficient (Wildman–Crippen LogP) is 3.15. The van der Waals surface area contributed by atoms with E-state index in [1.54, 1.807) is 12.1 Å². The Kier molecular flexibility index (Phi) is 5.31. The molecule has 0 unspecified atom stereocenters. The Labute approximate surface area is 159 Å². The fourth-order valence-electron chi connectivity index (χ4n) is 2.32. The number of thiazole rings is 1. The average molecular weight is 422 g/mol. The predicted molar refractivity (Wildman–Crippen MR) is 104 cm³/mol. The van der Waals surface area contributed by atoms with Crippen LogP contribution < -0.4 is 10.6 Å². The number of thiocarbonyl (C=S) groups is 1. The number of benzene rings is 1. The first-order valence-corrected chi connectivity index (χ1v) is 10.9. The van der Waals surface area contributed by atoms with Crippen molar-refractivity contribution in [2.45, 2.75) is 11.4 Å². The van der Waals surface area contributed by atoms with Crippen LogP contribution in [0.15, 0.2) is 29.6 Å². The van der Waals surface area contributed by atoms with Crippen LogP contribution in [0, 0.1) is 0 Å². The van der Waals surface area contributed by atoms with E-state index in [4.69, 9.17) is 35.4 Å². The molecule has 2 atom stereocenters. The fourth-order valence-corrected chi connectivity index (χ4v) is 6.04. The summed E-state index contributed by atoms with van der Waals surface area (Å²) in [5.74, 6) is -0.0519. The number of sulfone groups is 1. The first-order chi connectivity index (χ1) is 11.3. The minimum atomic E-state index is -3.10. The van der Waals surface area contributed by atoms with E-state index in [9.17, 15) is 8.42 Å². The van der Waals surface area contributed by atoms with E-state index in [1.807, 2.05) is 17.5 Å². The monoisotopic (exact) mass is 421 g/mol. The Morgan fingerprint density at radius 3 is 2.62 bits per heavy atom. The van der Waals surface area contributed by atoms with Crippen LogP contribution in [0.4, 0.5) is 5.13 Å². The van der Waals surface area contributed by atoms with E-state index in [-0.39, 0.29) is 11.5 Å². The molecule has 1 aliphatic heterocycles. The van der Waals surface area contributed by atoms with Crippen molar-refractivity contribution in [3.05, 3.63) is 34.7 Å². The zero-order valence-corrected chi connectivity index (χ0v) is 16.2. The van der Waals surface area contributed by atoms with Gasteiger partial charge in [-0.2, -0.15) is 0 Å². The SMILES string of the molecule is O=S1(=O)C[C@@H](Cl)[C@@H](NC(=S)Nc2nc(-c3ccc(Cl)cc3)cs2)C1. The Morgan fingerprint density at radius 2 is 2.00 bits per heavy atom. The average Bonchev–Trinajstić information content (AvgIpc) is 3.04. The molecular weight excluding hydrogens is 409 g/mol. The third-order valence-corrected chi connectivity index (χ3v) is 7.07. The smallest absolute Gasteiger partial charge is 0.189 e. The Hall–Kier alpha value is -0.930. The fraction of sp³-hybridized carbons (Fsp3) is 0.286. The third kappa shape index (κ3) is 4.37. The zero-order valence-electron chi connectivity index (χ0n) is 12.2. The highest BCUT2D eigenvalue weighted by molar-refractivity contribution is 7.91. The van der Waals surface area contributed by atoms with Crippen molar-refractivity contribution in [1.82, 2.24) is 10.3 Å². The standard InChI is InChI=1S/C14H13Cl2N3O2S3/c15-9-3-1-8(2-4-9)11-5-23-14(18-11)19-13(22)17-12-7-24(20,21)6-10(12)16/h1-5,10,12H,6-7H2,(H2,17,18,19,22)/t10-,12+/m1/s1. The molecular formula is C14H13Cl2N3O2S3. The molecule has 24 heavy (non-hydrogen) atoms. The number of hydrogen-bond donors (Lipinski definition) is 2. The quantitative estimate of drug-likeness (QED) is 0.585. The Bertz CT molecular complexity index is 852. The largest absolute Gasteiger partial charge is 0.357 e. The second kappa shape index (κ2) is 7.13. The number of nitrogens with one attached hydrogen (secondary N) is 2. The van der Waals surface area contributed by atoms with Crippen molar-refractivity contribution >= 4 is 66.8 Å². The maximum absolute atomic E-state index is 11.6. The summed E-state index contributed by atoms with van der Waals surface area (Å²) in [5.41, 5.74) is 1.76. The van der Waals surface area contributed by atoms with Crippen LogP contribution in [0.1, 0.15) is 0 Å². The second-order valence-corrected chi connectivity index (χ2v) is 9.76. The lowest BCUT2D eigenvalue weighted by atomic mass is 10.2. The van der Waals surface area contributed by atoms with Gasteiger partial charge in [-0.05, 0) is 24.4 Å². The topological polar surface area (TPSA) is 71.1 Å². The summed E-state index contributed by atoms with van der Waals surface area (Å²) in [6, 6.07) is 6.98. The van der Waals surface area contributed by atoms with Crippen LogP contribution in [0.2, 0.25) is 5.02 Å². The van der Waals surface area contributed by atoms with Crippen LogP contribution in [-0.2, 0) is 9.84 Å². The van der Waals surface area contributed by atoms with Crippen molar-refractivity contribution in [3.8, 4) is 11.3 Å². The molecule has 1 fully saturated rings. The van der Waals surface area contributed by atoms with E-state index in [2.05, 4.69) is 15.6 Å². The van der Waals surface area contributed by atoms with Crippen molar-refractivity contribution in [3.63, 3.8) is 0 Å². The zero-order chi connectivity index (χ0) is 17.3. The van der Waals surface area contributed by atoms with Gasteiger partial charge in [0, 0.05) is 16.0 Å². The molecule has 0 amide bonds.